The fraction of sp³-hybridized carbons (Fsp3) is 0.294. The second-order valence-corrected chi connectivity index (χ2v) is 11.1. The summed E-state index contributed by atoms with van der Waals surface area (Å²) in [7, 11) is 8.52. The van der Waals surface area contributed by atoms with Gasteiger partial charge in [0, 0.05) is 40.5 Å². The number of thioether (sulfide) groups is 1. The molecule has 208 valence electrons. The lowest BCUT2D eigenvalue weighted by Gasteiger charge is -2.27. The maximum atomic E-state index is 6.03. The summed E-state index contributed by atoms with van der Waals surface area (Å²) in [6, 6.07) is 27.5. The fourth-order valence-electron chi connectivity index (χ4n) is 5.66. The van der Waals surface area contributed by atoms with Crippen LogP contribution in [0.15, 0.2) is 78.9 Å². The quantitative estimate of drug-likeness (QED) is 0.198. The molecule has 4 aromatic rings. The molecule has 0 saturated heterocycles. The normalized spacial score (nSPS) is 17.7. The predicted molar refractivity (Wildman–Crippen MR) is 162 cm³/mol. The number of ether oxygens (including phenoxy) is 5. The van der Waals surface area contributed by atoms with Gasteiger partial charge in [-0.05, 0) is 59.5 Å². The average Bonchev–Trinajstić information content (AvgIpc) is 3.34. The minimum Gasteiger partial charge on any atom is -0.497 e. The van der Waals surface area contributed by atoms with Crippen LogP contribution in [0, 0.1) is 6.92 Å². The van der Waals surface area contributed by atoms with Crippen LogP contribution in [0.3, 0.4) is 0 Å². The van der Waals surface area contributed by atoms with Crippen LogP contribution in [0.1, 0.15) is 50.5 Å². The minimum atomic E-state index is 0.0223. The molecule has 40 heavy (non-hydrogen) atoms. The van der Waals surface area contributed by atoms with Gasteiger partial charge in [0.25, 0.3) is 0 Å². The van der Waals surface area contributed by atoms with E-state index in [1.165, 1.54) is 27.8 Å². The third-order valence-corrected chi connectivity index (χ3v) is 9.10. The summed E-state index contributed by atoms with van der Waals surface area (Å²) in [4.78, 5) is 0. The standard InChI is InChI=1S/C34H36O5S/c1-21-7-9-22(10-8-21)20-40-34-29-18-28(38-5)19-30(39-6)33(29)31(23-11-13-25(35-2)14-12-23)32(34)24-15-26(36-3)17-27(16-24)37-4/h7-19,31-32,34H,20H2,1-6H3/t31-,32-,34?/m0/s1. The van der Waals surface area contributed by atoms with Crippen molar-refractivity contribution in [3.8, 4) is 28.7 Å². The number of aryl methyl sites for hydroxylation is 1. The first kappa shape index (κ1) is 27.8. The van der Waals surface area contributed by atoms with Crippen molar-refractivity contribution < 1.29 is 23.7 Å². The summed E-state index contributed by atoms with van der Waals surface area (Å²) in [5, 5.41) is 0.115. The van der Waals surface area contributed by atoms with Gasteiger partial charge in [-0.1, -0.05) is 42.0 Å². The van der Waals surface area contributed by atoms with E-state index in [4.69, 9.17) is 23.7 Å². The van der Waals surface area contributed by atoms with Crippen LogP contribution < -0.4 is 23.7 Å². The van der Waals surface area contributed by atoms with Crippen molar-refractivity contribution in [2.45, 2.75) is 29.8 Å². The molecule has 0 aliphatic heterocycles. The number of fused-ring (bicyclic) bond motifs is 1. The van der Waals surface area contributed by atoms with E-state index in [1.54, 1.807) is 35.5 Å². The molecule has 4 aromatic carbocycles. The number of benzene rings is 4. The van der Waals surface area contributed by atoms with E-state index in [0.717, 1.165) is 40.1 Å². The average molecular weight is 557 g/mol. The maximum Gasteiger partial charge on any atom is 0.126 e. The highest BCUT2D eigenvalue weighted by molar-refractivity contribution is 7.98. The molecule has 5 rings (SSSR count). The Kier molecular flexibility index (Phi) is 8.46. The molecule has 0 spiro atoms. The summed E-state index contributed by atoms with van der Waals surface area (Å²) in [6.07, 6.45) is 0. The smallest absolute Gasteiger partial charge is 0.126 e. The third-order valence-electron chi connectivity index (χ3n) is 7.69. The number of rotatable bonds is 10. The highest BCUT2D eigenvalue weighted by Crippen LogP contribution is 2.62. The number of methoxy groups -OCH3 is 5. The predicted octanol–water partition coefficient (Wildman–Crippen LogP) is 7.94. The molecule has 0 amide bonds. The summed E-state index contributed by atoms with van der Waals surface area (Å²) in [5.41, 5.74) is 7.30. The van der Waals surface area contributed by atoms with Gasteiger partial charge in [-0.2, -0.15) is 0 Å². The van der Waals surface area contributed by atoms with Crippen molar-refractivity contribution in [3.63, 3.8) is 0 Å². The Balaban J connectivity index is 1.72. The Morgan fingerprint density at radius 3 is 1.77 bits per heavy atom. The van der Waals surface area contributed by atoms with Crippen molar-refractivity contribution in [3.05, 3.63) is 112 Å². The first-order chi connectivity index (χ1) is 19.5. The van der Waals surface area contributed by atoms with Gasteiger partial charge in [0.1, 0.15) is 28.7 Å². The van der Waals surface area contributed by atoms with E-state index in [0.29, 0.717) is 0 Å². The minimum absolute atomic E-state index is 0.0223. The van der Waals surface area contributed by atoms with E-state index >= 15 is 0 Å². The summed E-state index contributed by atoms with van der Waals surface area (Å²) in [5.74, 6) is 4.95. The molecule has 0 aromatic heterocycles. The Bertz CT molecular complexity index is 1430. The molecule has 0 N–H and O–H groups in total. The zero-order chi connectivity index (χ0) is 28.2. The van der Waals surface area contributed by atoms with Crippen LogP contribution in [0.5, 0.6) is 28.7 Å². The molecule has 3 atom stereocenters. The van der Waals surface area contributed by atoms with Crippen LogP contribution in [-0.4, -0.2) is 35.5 Å². The zero-order valence-corrected chi connectivity index (χ0v) is 24.7. The highest BCUT2D eigenvalue weighted by Gasteiger charge is 2.45. The first-order valence-electron chi connectivity index (χ1n) is 13.3. The largest absolute Gasteiger partial charge is 0.497 e. The van der Waals surface area contributed by atoms with E-state index in [2.05, 4.69) is 61.5 Å². The van der Waals surface area contributed by atoms with Crippen LogP contribution in [-0.2, 0) is 5.75 Å². The molecule has 1 aliphatic carbocycles. The molecule has 1 aliphatic rings. The van der Waals surface area contributed by atoms with Gasteiger partial charge in [0.15, 0.2) is 0 Å². The topological polar surface area (TPSA) is 46.2 Å². The van der Waals surface area contributed by atoms with Gasteiger partial charge in [0.05, 0.1) is 35.5 Å². The van der Waals surface area contributed by atoms with Crippen LogP contribution in [0.4, 0.5) is 0 Å². The Morgan fingerprint density at radius 1 is 0.600 bits per heavy atom. The van der Waals surface area contributed by atoms with Gasteiger partial charge in [-0.25, -0.2) is 0 Å². The molecule has 0 saturated carbocycles. The summed E-state index contributed by atoms with van der Waals surface area (Å²) >= 11 is 1.94. The van der Waals surface area contributed by atoms with E-state index in [-0.39, 0.29) is 17.1 Å². The lowest BCUT2D eigenvalue weighted by atomic mass is 9.81. The van der Waals surface area contributed by atoms with Crippen molar-refractivity contribution in [1.29, 1.82) is 0 Å². The second-order valence-electron chi connectivity index (χ2n) is 9.97. The van der Waals surface area contributed by atoms with Crippen LogP contribution in [0.25, 0.3) is 0 Å². The van der Waals surface area contributed by atoms with Crippen molar-refractivity contribution in [2.75, 3.05) is 35.5 Å². The number of hydrogen-bond donors (Lipinski definition) is 0. The molecule has 0 radical (unpaired) electrons. The van der Waals surface area contributed by atoms with Crippen molar-refractivity contribution in [2.24, 2.45) is 0 Å². The molecule has 0 fully saturated rings. The van der Waals surface area contributed by atoms with Gasteiger partial charge >= 0.3 is 0 Å². The second kappa shape index (κ2) is 12.2. The van der Waals surface area contributed by atoms with E-state index in [1.807, 2.05) is 36.0 Å². The molecule has 5 nitrogen and oxygen atoms in total. The van der Waals surface area contributed by atoms with Gasteiger partial charge < -0.3 is 23.7 Å². The molecule has 6 heteroatoms. The van der Waals surface area contributed by atoms with E-state index in [9.17, 15) is 0 Å². The Hall–Kier alpha value is -3.77. The maximum absolute atomic E-state index is 6.03. The first-order valence-corrected chi connectivity index (χ1v) is 14.3. The third kappa shape index (κ3) is 5.46. The van der Waals surface area contributed by atoms with Crippen molar-refractivity contribution in [1.82, 2.24) is 0 Å². The van der Waals surface area contributed by atoms with Gasteiger partial charge in [-0.15, -0.1) is 11.8 Å². The molecular weight excluding hydrogens is 520 g/mol. The molecule has 0 bridgehead atoms. The van der Waals surface area contributed by atoms with Gasteiger partial charge in [0.2, 0.25) is 0 Å². The van der Waals surface area contributed by atoms with E-state index < -0.39 is 0 Å². The van der Waals surface area contributed by atoms with Gasteiger partial charge in [-0.3, -0.25) is 0 Å². The monoisotopic (exact) mass is 556 g/mol. The lowest BCUT2D eigenvalue weighted by molar-refractivity contribution is 0.389. The summed E-state index contributed by atoms with van der Waals surface area (Å²) in [6.45, 7) is 2.12. The fourth-order valence-corrected chi connectivity index (χ4v) is 7.12. The molecule has 1 unspecified atom stereocenters. The molecular formula is C34H36O5S. The van der Waals surface area contributed by atoms with Crippen LogP contribution in [0.2, 0.25) is 0 Å². The summed E-state index contributed by atoms with van der Waals surface area (Å²) < 4.78 is 28.7. The van der Waals surface area contributed by atoms with Crippen LogP contribution >= 0.6 is 11.8 Å². The van der Waals surface area contributed by atoms with Crippen molar-refractivity contribution >= 4 is 11.8 Å². The lowest BCUT2D eigenvalue weighted by Crippen LogP contribution is -2.12. The Labute approximate surface area is 241 Å². The SMILES string of the molecule is COc1ccc([C@@H]2c3c(OC)cc(OC)cc3C(SCc3ccc(C)cc3)[C@H]2c2cc(OC)cc(OC)c2)cc1. The Morgan fingerprint density at radius 2 is 1.20 bits per heavy atom. The highest BCUT2D eigenvalue weighted by atomic mass is 32.2. The number of hydrogen-bond acceptors (Lipinski definition) is 6. The zero-order valence-electron chi connectivity index (χ0n) is 23.9. The molecule has 0 heterocycles.